The molecule has 0 amide bonds. The Morgan fingerprint density at radius 1 is 1.13 bits per heavy atom. The van der Waals surface area contributed by atoms with Gasteiger partial charge in [0.25, 0.3) is 0 Å². The Morgan fingerprint density at radius 3 is 2.07 bits per heavy atom. The molecule has 0 aromatic rings. The predicted molar refractivity (Wildman–Crippen MR) is 64.3 cm³/mol. The summed E-state index contributed by atoms with van der Waals surface area (Å²) in [6.07, 6.45) is 2.01. The van der Waals surface area contributed by atoms with Crippen molar-refractivity contribution >= 4 is 0 Å². The molecule has 0 aliphatic rings. The SMILES string of the molecule is CCNC(COCC)C(CC)(CC)OC. The molecule has 3 heteroatoms. The normalized spacial score (nSPS) is 14.2. The van der Waals surface area contributed by atoms with Crippen LogP contribution in [0.15, 0.2) is 0 Å². The van der Waals surface area contributed by atoms with Gasteiger partial charge in [-0.15, -0.1) is 0 Å². The molecule has 0 radical (unpaired) electrons. The first-order chi connectivity index (χ1) is 7.20. The molecule has 92 valence electrons. The van der Waals surface area contributed by atoms with Gasteiger partial charge in [0.2, 0.25) is 0 Å². The molecule has 0 aliphatic heterocycles. The van der Waals surface area contributed by atoms with Crippen LogP contribution in [0.25, 0.3) is 0 Å². The first-order valence-corrected chi connectivity index (χ1v) is 6.06. The maximum absolute atomic E-state index is 5.71. The van der Waals surface area contributed by atoms with E-state index < -0.39 is 0 Å². The summed E-state index contributed by atoms with van der Waals surface area (Å²) in [6.45, 7) is 10.9. The van der Waals surface area contributed by atoms with Crippen LogP contribution in [0, 0.1) is 0 Å². The van der Waals surface area contributed by atoms with E-state index in [1.54, 1.807) is 7.11 Å². The van der Waals surface area contributed by atoms with E-state index in [9.17, 15) is 0 Å². The summed E-state index contributed by atoms with van der Waals surface area (Å²) in [5.41, 5.74) is -0.0921. The van der Waals surface area contributed by atoms with E-state index in [0.717, 1.165) is 32.6 Å². The molecule has 0 aliphatic carbocycles. The highest BCUT2D eigenvalue weighted by Gasteiger charge is 2.35. The maximum Gasteiger partial charge on any atom is 0.0848 e. The minimum Gasteiger partial charge on any atom is -0.380 e. The van der Waals surface area contributed by atoms with E-state index >= 15 is 0 Å². The summed E-state index contributed by atoms with van der Waals surface area (Å²) in [5, 5.41) is 3.46. The highest BCUT2D eigenvalue weighted by Crippen LogP contribution is 2.24. The lowest BCUT2D eigenvalue weighted by molar-refractivity contribution is -0.0681. The molecule has 0 heterocycles. The van der Waals surface area contributed by atoms with E-state index in [1.165, 1.54) is 0 Å². The van der Waals surface area contributed by atoms with Gasteiger partial charge in [0.1, 0.15) is 0 Å². The van der Waals surface area contributed by atoms with Crippen LogP contribution in [-0.2, 0) is 9.47 Å². The molecule has 0 spiro atoms. The summed E-state index contributed by atoms with van der Waals surface area (Å²) >= 11 is 0. The summed E-state index contributed by atoms with van der Waals surface area (Å²) in [6, 6.07) is 0.280. The third-order valence-corrected chi connectivity index (χ3v) is 3.18. The van der Waals surface area contributed by atoms with E-state index in [0.29, 0.717) is 0 Å². The van der Waals surface area contributed by atoms with Crippen LogP contribution in [0.4, 0.5) is 0 Å². The van der Waals surface area contributed by atoms with Crippen molar-refractivity contribution in [1.82, 2.24) is 5.32 Å². The van der Waals surface area contributed by atoms with Crippen LogP contribution in [-0.4, -0.2) is 38.5 Å². The topological polar surface area (TPSA) is 30.5 Å². The number of hydrogen-bond acceptors (Lipinski definition) is 3. The first kappa shape index (κ1) is 14.9. The van der Waals surface area contributed by atoms with Gasteiger partial charge in [-0.2, -0.15) is 0 Å². The first-order valence-electron chi connectivity index (χ1n) is 6.06. The average molecular weight is 217 g/mol. The monoisotopic (exact) mass is 217 g/mol. The molecule has 1 N–H and O–H groups in total. The molecule has 0 saturated carbocycles. The minimum absolute atomic E-state index is 0.0921. The van der Waals surface area contributed by atoms with Crippen molar-refractivity contribution in [2.75, 3.05) is 26.9 Å². The quantitative estimate of drug-likeness (QED) is 0.642. The molecule has 0 bridgehead atoms. The Hall–Kier alpha value is -0.120. The molecular formula is C12H27NO2. The van der Waals surface area contributed by atoms with Crippen LogP contribution < -0.4 is 5.32 Å². The van der Waals surface area contributed by atoms with Gasteiger partial charge in [-0.05, 0) is 26.3 Å². The Morgan fingerprint density at radius 2 is 1.73 bits per heavy atom. The van der Waals surface area contributed by atoms with Crippen molar-refractivity contribution in [2.45, 2.75) is 52.2 Å². The van der Waals surface area contributed by atoms with E-state index in [1.807, 2.05) is 6.92 Å². The van der Waals surface area contributed by atoms with Gasteiger partial charge in [0, 0.05) is 13.7 Å². The second kappa shape index (κ2) is 8.08. The Kier molecular flexibility index (Phi) is 8.02. The molecule has 0 saturated heterocycles. The van der Waals surface area contributed by atoms with Crippen molar-refractivity contribution in [2.24, 2.45) is 0 Å². The molecule has 1 unspecified atom stereocenters. The second-order valence-corrected chi connectivity index (χ2v) is 3.75. The number of ether oxygens (including phenoxy) is 2. The number of methoxy groups -OCH3 is 1. The van der Waals surface area contributed by atoms with Gasteiger partial charge >= 0.3 is 0 Å². The van der Waals surface area contributed by atoms with Gasteiger partial charge in [-0.25, -0.2) is 0 Å². The largest absolute Gasteiger partial charge is 0.380 e. The Labute approximate surface area is 94.5 Å². The van der Waals surface area contributed by atoms with Crippen molar-refractivity contribution in [1.29, 1.82) is 0 Å². The molecule has 15 heavy (non-hydrogen) atoms. The van der Waals surface area contributed by atoms with Gasteiger partial charge in [0.05, 0.1) is 18.2 Å². The molecule has 0 rings (SSSR count). The van der Waals surface area contributed by atoms with Gasteiger partial charge in [-0.3, -0.25) is 0 Å². The van der Waals surface area contributed by atoms with Crippen molar-refractivity contribution in [3.05, 3.63) is 0 Å². The van der Waals surface area contributed by atoms with Crippen molar-refractivity contribution in [3.8, 4) is 0 Å². The van der Waals surface area contributed by atoms with E-state index in [4.69, 9.17) is 9.47 Å². The molecule has 3 nitrogen and oxygen atoms in total. The van der Waals surface area contributed by atoms with Crippen LogP contribution in [0.2, 0.25) is 0 Å². The van der Waals surface area contributed by atoms with Crippen LogP contribution in [0.1, 0.15) is 40.5 Å². The van der Waals surface area contributed by atoms with Crippen LogP contribution in [0.5, 0.6) is 0 Å². The van der Waals surface area contributed by atoms with Crippen molar-refractivity contribution in [3.63, 3.8) is 0 Å². The fraction of sp³-hybridized carbons (Fsp3) is 1.00. The summed E-state index contributed by atoms with van der Waals surface area (Å²) in [5.74, 6) is 0. The second-order valence-electron chi connectivity index (χ2n) is 3.75. The summed E-state index contributed by atoms with van der Waals surface area (Å²) in [7, 11) is 1.79. The summed E-state index contributed by atoms with van der Waals surface area (Å²) < 4.78 is 11.2. The van der Waals surface area contributed by atoms with Crippen LogP contribution >= 0.6 is 0 Å². The number of likely N-dealkylation sites (N-methyl/N-ethyl adjacent to an activating group) is 1. The molecule has 1 atom stereocenters. The molecule has 0 fully saturated rings. The standard InChI is InChI=1S/C12H27NO2/c1-6-12(7-2,14-5)11(13-8-3)10-15-9-4/h11,13H,6-10H2,1-5H3. The predicted octanol–water partition coefficient (Wildman–Crippen LogP) is 2.21. The average Bonchev–Trinajstić information content (AvgIpc) is 2.28. The van der Waals surface area contributed by atoms with Gasteiger partial charge in [-0.1, -0.05) is 20.8 Å². The zero-order valence-electron chi connectivity index (χ0n) is 10.9. The van der Waals surface area contributed by atoms with Gasteiger partial charge < -0.3 is 14.8 Å². The lowest BCUT2D eigenvalue weighted by atomic mass is 9.88. The highest BCUT2D eigenvalue weighted by molar-refractivity contribution is 4.91. The Bertz CT molecular complexity index is 138. The zero-order valence-corrected chi connectivity index (χ0v) is 10.9. The highest BCUT2D eigenvalue weighted by atomic mass is 16.5. The minimum atomic E-state index is -0.0921. The van der Waals surface area contributed by atoms with E-state index in [2.05, 4.69) is 26.1 Å². The number of nitrogens with one attached hydrogen (secondary N) is 1. The molecular weight excluding hydrogens is 190 g/mol. The van der Waals surface area contributed by atoms with Crippen molar-refractivity contribution < 1.29 is 9.47 Å². The molecule has 0 aromatic heterocycles. The smallest absolute Gasteiger partial charge is 0.0848 e. The van der Waals surface area contributed by atoms with Gasteiger partial charge in [0.15, 0.2) is 0 Å². The molecule has 0 aromatic carbocycles. The Balaban J connectivity index is 4.50. The zero-order chi connectivity index (χ0) is 11.7. The number of hydrogen-bond donors (Lipinski definition) is 1. The maximum atomic E-state index is 5.71. The third kappa shape index (κ3) is 4.09. The van der Waals surface area contributed by atoms with Crippen LogP contribution in [0.3, 0.4) is 0 Å². The summed E-state index contributed by atoms with van der Waals surface area (Å²) in [4.78, 5) is 0. The van der Waals surface area contributed by atoms with E-state index in [-0.39, 0.29) is 11.6 Å². The lowest BCUT2D eigenvalue weighted by Gasteiger charge is -2.38. The fourth-order valence-corrected chi connectivity index (χ4v) is 2.05. The number of rotatable bonds is 9. The fourth-order valence-electron chi connectivity index (χ4n) is 2.05. The third-order valence-electron chi connectivity index (χ3n) is 3.18. The lowest BCUT2D eigenvalue weighted by Crippen LogP contribution is -2.54.